The van der Waals surface area contributed by atoms with E-state index in [0.717, 1.165) is 51.4 Å². The van der Waals surface area contributed by atoms with Crippen LogP contribution in [-0.4, -0.2) is 51.0 Å². The van der Waals surface area contributed by atoms with E-state index in [1.807, 2.05) is 13.8 Å². The molecule has 0 radical (unpaired) electrons. The zero-order valence-electron chi connectivity index (χ0n) is 24.9. The second-order valence-electron chi connectivity index (χ2n) is 15.3. The smallest absolute Gasteiger partial charge is 0.305 e. The van der Waals surface area contributed by atoms with Crippen LogP contribution in [0.25, 0.3) is 0 Å². The number of hydrogen-bond donors (Lipinski definition) is 3. The summed E-state index contributed by atoms with van der Waals surface area (Å²) in [6.45, 7) is 16.6. The Morgan fingerprint density at radius 1 is 0.892 bits per heavy atom. The van der Waals surface area contributed by atoms with Crippen LogP contribution in [0.5, 0.6) is 0 Å². The van der Waals surface area contributed by atoms with E-state index in [1.54, 1.807) is 13.8 Å². The Labute approximate surface area is 224 Å². The average Bonchev–Trinajstić information content (AvgIpc) is 3.30. The SMILES string of the molecule is COC(=O)CC[C@]1(C)[C@H]2CC[C@@H]3[C@@H]([C@]4(C)CC[C@](O)(C(C)(C)O)O4)CC[C@@]3(C)[C@]2(C)CC[C@H]1C(C)(C)O. The highest BCUT2D eigenvalue weighted by Crippen LogP contribution is 2.74. The largest absolute Gasteiger partial charge is 0.469 e. The Bertz CT molecular complexity index is 889. The zero-order valence-corrected chi connectivity index (χ0v) is 24.9. The Balaban J connectivity index is 1.66. The van der Waals surface area contributed by atoms with Gasteiger partial charge in [-0.2, -0.15) is 0 Å². The Morgan fingerprint density at radius 2 is 1.51 bits per heavy atom. The Morgan fingerprint density at radius 3 is 2.05 bits per heavy atom. The molecule has 1 saturated heterocycles. The molecule has 4 fully saturated rings. The topological polar surface area (TPSA) is 96.2 Å². The molecule has 0 aromatic heterocycles. The molecule has 3 aliphatic carbocycles. The molecule has 3 saturated carbocycles. The highest BCUT2D eigenvalue weighted by molar-refractivity contribution is 5.69. The monoisotopic (exact) mass is 522 g/mol. The maximum atomic E-state index is 12.3. The summed E-state index contributed by atoms with van der Waals surface area (Å²) in [5, 5.41) is 33.1. The van der Waals surface area contributed by atoms with Crippen molar-refractivity contribution in [2.24, 2.45) is 39.9 Å². The minimum absolute atomic E-state index is 0.0821. The maximum Gasteiger partial charge on any atom is 0.305 e. The fraction of sp³-hybridized carbons (Fsp3) is 0.968. The van der Waals surface area contributed by atoms with Gasteiger partial charge in [0, 0.05) is 12.8 Å². The predicted octanol–water partition coefficient (Wildman–Crippen LogP) is 5.60. The van der Waals surface area contributed by atoms with Crippen LogP contribution in [0.3, 0.4) is 0 Å². The van der Waals surface area contributed by atoms with Crippen LogP contribution in [0.4, 0.5) is 0 Å². The quantitative estimate of drug-likeness (QED) is 0.393. The molecule has 3 N–H and O–H groups in total. The van der Waals surface area contributed by atoms with Gasteiger partial charge in [0.25, 0.3) is 0 Å². The van der Waals surface area contributed by atoms with Crippen LogP contribution in [0.15, 0.2) is 0 Å². The molecule has 6 nitrogen and oxygen atoms in total. The number of aliphatic hydroxyl groups is 3. The first-order valence-electron chi connectivity index (χ1n) is 14.7. The van der Waals surface area contributed by atoms with Gasteiger partial charge in [-0.25, -0.2) is 0 Å². The highest BCUT2D eigenvalue weighted by Gasteiger charge is 2.69. The van der Waals surface area contributed by atoms with E-state index in [4.69, 9.17) is 9.47 Å². The molecule has 0 bridgehead atoms. The summed E-state index contributed by atoms with van der Waals surface area (Å²) >= 11 is 0. The van der Waals surface area contributed by atoms with Gasteiger partial charge in [-0.05, 0) is 126 Å². The molecule has 37 heavy (non-hydrogen) atoms. The van der Waals surface area contributed by atoms with Gasteiger partial charge in [0.15, 0.2) is 5.79 Å². The van der Waals surface area contributed by atoms with Crippen molar-refractivity contribution in [2.45, 2.75) is 142 Å². The summed E-state index contributed by atoms with van der Waals surface area (Å²) in [5.41, 5.74) is -2.56. The van der Waals surface area contributed by atoms with Crippen molar-refractivity contribution >= 4 is 5.97 Å². The molecule has 0 amide bonds. The zero-order chi connectivity index (χ0) is 27.9. The van der Waals surface area contributed by atoms with Gasteiger partial charge in [0.2, 0.25) is 0 Å². The number of rotatable bonds is 6. The highest BCUT2D eigenvalue weighted by atomic mass is 16.7. The van der Waals surface area contributed by atoms with Crippen molar-refractivity contribution in [3.05, 3.63) is 0 Å². The van der Waals surface area contributed by atoms with Crippen LogP contribution in [0.2, 0.25) is 0 Å². The van der Waals surface area contributed by atoms with E-state index in [1.165, 1.54) is 7.11 Å². The Kier molecular flexibility index (Phi) is 7.05. The van der Waals surface area contributed by atoms with Gasteiger partial charge in [-0.15, -0.1) is 0 Å². The minimum Gasteiger partial charge on any atom is -0.469 e. The van der Waals surface area contributed by atoms with E-state index < -0.39 is 22.6 Å². The molecule has 214 valence electrons. The van der Waals surface area contributed by atoms with Gasteiger partial charge in [-0.3, -0.25) is 4.79 Å². The first-order chi connectivity index (χ1) is 16.8. The normalized spacial score (nSPS) is 48.4. The van der Waals surface area contributed by atoms with Crippen molar-refractivity contribution < 1.29 is 29.6 Å². The molecule has 0 unspecified atom stereocenters. The lowest BCUT2D eigenvalue weighted by atomic mass is 9.37. The molecule has 0 spiro atoms. The molecule has 9 atom stereocenters. The molecule has 4 aliphatic rings. The molecular weight excluding hydrogens is 468 g/mol. The molecule has 1 aliphatic heterocycles. The summed E-state index contributed by atoms with van der Waals surface area (Å²) in [6, 6.07) is 0. The third kappa shape index (κ3) is 4.31. The second-order valence-corrected chi connectivity index (χ2v) is 15.3. The minimum atomic E-state index is -1.51. The lowest BCUT2D eigenvalue weighted by molar-refractivity contribution is -0.306. The van der Waals surface area contributed by atoms with Crippen molar-refractivity contribution in [3.63, 3.8) is 0 Å². The van der Waals surface area contributed by atoms with Crippen LogP contribution in [0, 0.1) is 39.9 Å². The summed E-state index contributed by atoms with van der Waals surface area (Å²) in [7, 11) is 1.46. The summed E-state index contributed by atoms with van der Waals surface area (Å²) < 4.78 is 11.5. The van der Waals surface area contributed by atoms with Crippen molar-refractivity contribution in [1.29, 1.82) is 0 Å². The third-order valence-electron chi connectivity index (χ3n) is 12.7. The number of methoxy groups -OCH3 is 1. The number of ether oxygens (including phenoxy) is 2. The molecule has 4 rings (SSSR count). The second kappa shape index (κ2) is 8.91. The van der Waals surface area contributed by atoms with E-state index in [-0.39, 0.29) is 28.1 Å². The Hall–Kier alpha value is -0.690. The maximum absolute atomic E-state index is 12.3. The first-order valence-corrected chi connectivity index (χ1v) is 14.7. The number of esters is 1. The fourth-order valence-corrected chi connectivity index (χ4v) is 10.4. The van der Waals surface area contributed by atoms with Gasteiger partial charge < -0.3 is 24.8 Å². The summed E-state index contributed by atoms with van der Waals surface area (Å²) in [4.78, 5) is 12.3. The first kappa shape index (κ1) is 29.3. The van der Waals surface area contributed by atoms with Crippen molar-refractivity contribution in [2.75, 3.05) is 7.11 Å². The summed E-state index contributed by atoms with van der Waals surface area (Å²) in [5.74, 6) is -0.349. The average molecular weight is 523 g/mol. The number of carbonyl (C=O) groups excluding carboxylic acids is 1. The van der Waals surface area contributed by atoms with Crippen molar-refractivity contribution in [1.82, 2.24) is 0 Å². The van der Waals surface area contributed by atoms with Gasteiger partial charge in [-0.1, -0.05) is 20.8 Å². The predicted molar refractivity (Wildman–Crippen MR) is 144 cm³/mol. The van der Waals surface area contributed by atoms with Gasteiger partial charge in [0.05, 0.1) is 18.3 Å². The molecule has 6 heteroatoms. The van der Waals surface area contributed by atoms with Crippen molar-refractivity contribution in [3.8, 4) is 0 Å². The van der Waals surface area contributed by atoms with Gasteiger partial charge in [0.1, 0.15) is 5.60 Å². The molecular formula is C31H54O6. The van der Waals surface area contributed by atoms with E-state index in [0.29, 0.717) is 30.6 Å². The third-order valence-corrected chi connectivity index (χ3v) is 12.7. The lowest BCUT2D eigenvalue weighted by Crippen LogP contribution is -2.62. The van der Waals surface area contributed by atoms with E-state index in [2.05, 4.69) is 27.7 Å². The van der Waals surface area contributed by atoms with Crippen LogP contribution in [-0.2, 0) is 14.3 Å². The standard InChI is InChI=1S/C31H54O6/c1-25(2,33)22-13-17-29(7)23(27(22,5)15-14-24(32)36-9)11-10-20-21(12-16-28(20,29)6)30(8)18-19-31(35,37-30)26(3,4)34/h20-23,33-35H,10-19H2,1-9H3/t20-,21+,22+,23-,27+,28-,29-,30+,31-/m1/s1. The molecule has 0 aromatic carbocycles. The van der Waals surface area contributed by atoms with E-state index >= 15 is 0 Å². The number of fused-ring (bicyclic) bond motifs is 3. The van der Waals surface area contributed by atoms with Gasteiger partial charge >= 0.3 is 5.97 Å². The summed E-state index contributed by atoms with van der Waals surface area (Å²) in [6.07, 6.45) is 8.70. The number of hydrogen-bond acceptors (Lipinski definition) is 6. The fourth-order valence-electron chi connectivity index (χ4n) is 10.4. The molecule has 0 aromatic rings. The number of carbonyl (C=O) groups is 1. The lowest BCUT2D eigenvalue weighted by Gasteiger charge is -2.67. The van der Waals surface area contributed by atoms with Crippen LogP contribution < -0.4 is 0 Å². The van der Waals surface area contributed by atoms with E-state index in [9.17, 15) is 20.1 Å². The molecule has 1 heterocycles. The van der Waals surface area contributed by atoms with Crippen LogP contribution >= 0.6 is 0 Å². The van der Waals surface area contributed by atoms with Crippen LogP contribution in [0.1, 0.15) is 120 Å².